The van der Waals surface area contributed by atoms with Gasteiger partial charge in [0.2, 0.25) is 0 Å². The van der Waals surface area contributed by atoms with E-state index in [1.807, 2.05) is 32.0 Å². The second kappa shape index (κ2) is 21.1. The quantitative estimate of drug-likeness (QED) is 0.141. The number of fused-ring (bicyclic) bond motifs is 6. The first-order valence-electron chi connectivity index (χ1n) is 27.4. The summed E-state index contributed by atoms with van der Waals surface area (Å²) in [6.07, 6.45) is -30.4. The maximum Gasteiger partial charge on any atom is 0.418 e. The molecule has 2 heterocycles. The van der Waals surface area contributed by atoms with Crippen LogP contribution in [-0.2, 0) is 37.1 Å². The molecule has 0 bridgehead atoms. The zero-order chi connectivity index (χ0) is 64.7. The van der Waals surface area contributed by atoms with Gasteiger partial charge in [-0.15, -0.1) is 0 Å². The van der Waals surface area contributed by atoms with E-state index in [4.69, 9.17) is 0 Å². The Hall–Kier alpha value is -9.46. The third kappa shape index (κ3) is 10.9. The summed E-state index contributed by atoms with van der Waals surface area (Å²) in [5.74, 6) is 0. The normalized spacial score (nSPS) is 13.0. The SMILES string of the molecule is Cc1ccc(-c2ccc3c(c2)c2cc(-c4ccc(C)cc4C(F)(F)F)ccc2n3-c2cc(-c3ccc(C(F)(F)F)c(-n4c5ccc(-c6ccc(C(F)(F)F)cc6C)cc5c5cc(-c6ccc(C(F)(F)F)cc6C(F)(F)F)ccc54)c3)ccc2C(F)(F)F)c(C)c1. The first-order chi connectivity index (χ1) is 42.0. The standard InChI is InChI=1S/C70H42F18N2/c1-35-5-15-47(37(3)25-35)41-9-21-59-51(28-41)53-30-43(49-16-6-36(2)26-57(49)69(83,84)85)11-23-61(53)89(59)63-32-39(7-19-55(63)67(77,78)79)40-8-20-56(68(80,81)82)64(33-40)90-60-22-10-42(48-17-13-45(27-38(48)4)65(71,72)73)29-52(60)54-31-44(12-24-62(54)90)50-18-14-46(66(74,75)76)34-58(50)70(86,87)88/h5-34H,1-4H3. The van der Waals surface area contributed by atoms with Gasteiger partial charge in [-0.2, -0.15) is 79.0 Å². The number of benzene rings is 10. The number of aryl methyl sites for hydroxylation is 4. The number of nitrogens with zero attached hydrogens (tertiary/aromatic N) is 2. The molecule has 0 saturated heterocycles. The first-order valence-corrected chi connectivity index (χ1v) is 27.4. The van der Waals surface area contributed by atoms with E-state index in [-0.39, 0.29) is 88.8 Å². The average molecular weight is 1250 g/mol. The molecule has 0 radical (unpaired) electrons. The van der Waals surface area contributed by atoms with E-state index >= 15 is 26.3 Å². The lowest BCUT2D eigenvalue weighted by atomic mass is 9.94. The molecule has 20 heteroatoms. The Kier molecular flexibility index (Phi) is 14.2. The molecule has 0 amide bonds. The van der Waals surface area contributed by atoms with Gasteiger partial charge in [-0.05, 0) is 198 Å². The minimum Gasteiger partial charge on any atom is -0.309 e. The first kappa shape index (κ1) is 60.8. The Morgan fingerprint density at radius 3 is 0.889 bits per heavy atom. The molecule has 0 saturated carbocycles. The fourth-order valence-electron chi connectivity index (χ4n) is 12.2. The Labute approximate surface area is 499 Å². The maximum atomic E-state index is 15.7. The van der Waals surface area contributed by atoms with Crippen molar-refractivity contribution in [3.05, 3.63) is 238 Å². The predicted octanol–water partition coefficient (Wildman–Crippen LogP) is 23.6. The van der Waals surface area contributed by atoms with Gasteiger partial charge in [0, 0.05) is 21.5 Å². The van der Waals surface area contributed by atoms with E-state index < -0.39 is 87.4 Å². The Morgan fingerprint density at radius 1 is 0.233 bits per heavy atom. The largest absolute Gasteiger partial charge is 0.418 e. The molecule has 0 unspecified atom stereocenters. The number of alkyl halides is 18. The van der Waals surface area contributed by atoms with Crippen LogP contribution in [0.2, 0.25) is 0 Å². The summed E-state index contributed by atoms with van der Waals surface area (Å²) in [7, 11) is 0. The van der Waals surface area contributed by atoms with Gasteiger partial charge in [-0.1, -0.05) is 90.0 Å². The molecular weight excluding hydrogens is 1210 g/mol. The fourth-order valence-corrected chi connectivity index (χ4v) is 12.2. The van der Waals surface area contributed by atoms with Crippen molar-refractivity contribution >= 4 is 43.6 Å². The molecule has 0 fully saturated rings. The van der Waals surface area contributed by atoms with Crippen LogP contribution in [0.4, 0.5) is 79.0 Å². The van der Waals surface area contributed by atoms with Gasteiger partial charge >= 0.3 is 37.1 Å². The lowest BCUT2D eigenvalue weighted by Crippen LogP contribution is -2.12. The second-order valence-corrected chi connectivity index (χ2v) is 22.2. The molecule has 12 aromatic rings. The summed E-state index contributed by atoms with van der Waals surface area (Å²) in [5.41, 5.74) is -6.26. The van der Waals surface area contributed by atoms with Crippen molar-refractivity contribution in [2.24, 2.45) is 0 Å². The van der Waals surface area contributed by atoms with Gasteiger partial charge < -0.3 is 9.13 Å². The van der Waals surface area contributed by atoms with Crippen molar-refractivity contribution in [3.63, 3.8) is 0 Å². The molecule has 12 rings (SSSR count). The smallest absolute Gasteiger partial charge is 0.309 e. The van der Waals surface area contributed by atoms with Gasteiger partial charge in [0.25, 0.3) is 0 Å². The summed E-state index contributed by atoms with van der Waals surface area (Å²) in [6, 6.07) is 35.4. The number of hydrogen-bond acceptors (Lipinski definition) is 0. The molecule has 0 N–H and O–H groups in total. The molecule has 0 spiro atoms. The van der Waals surface area contributed by atoms with E-state index in [0.717, 1.165) is 94.1 Å². The summed E-state index contributed by atoms with van der Waals surface area (Å²) in [4.78, 5) is 0. The topological polar surface area (TPSA) is 9.86 Å². The van der Waals surface area contributed by atoms with Crippen LogP contribution in [0.3, 0.4) is 0 Å². The van der Waals surface area contributed by atoms with Crippen molar-refractivity contribution < 1.29 is 79.0 Å². The molecule has 0 aliphatic carbocycles. The van der Waals surface area contributed by atoms with E-state index in [2.05, 4.69) is 0 Å². The Bertz CT molecular complexity index is 4910. The number of hydrogen-bond donors (Lipinski definition) is 0. The molecule has 2 aromatic heterocycles. The van der Waals surface area contributed by atoms with E-state index in [1.165, 1.54) is 66.9 Å². The monoisotopic (exact) mass is 1250 g/mol. The van der Waals surface area contributed by atoms with E-state index in [1.54, 1.807) is 18.2 Å². The third-order valence-corrected chi connectivity index (χ3v) is 16.3. The number of aromatic nitrogens is 2. The van der Waals surface area contributed by atoms with Crippen molar-refractivity contribution in [1.29, 1.82) is 0 Å². The van der Waals surface area contributed by atoms with Crippen molar-refractivity contribution in [2.75, 3.05) is 0 Å². The van der Waals surface area contributed by atoms with Crippen molar-refractivity contribution in [1.82, 2.24) is 9.13 Å². The maximum absolute atomic E-state index is 15.7. The van der Waals surface area contributed by atoms with E-state index in [9.17, 15) is 52.7 Å². The highest BCUT2D eigenvalue weighted by molar-refractivity contribution is 6.13. The minimum atomic E-state index is -5.37. The van der Waals surface area contributed by atoms with Crippen molar-refractivity contribution in [2.45, 2.75) is 64.8 Å². The van der Waals surface area contributed by atoms with Crippen LogP contribution in [0, 0.1) is 27.7 Å². The van der Waals surface area contributed by atoms with Gasteiger partial charge in [0.15, 0.2) is 0 Å². The van der Waals surface area contributed by atoms with E-state index in [0.29, 0.717) is 34.7 Å². The zero-order valence-electron chi connectivity index (χ0n) is 47.0. The molecule has 0 aliphatic rings. The molecule has 0 atom stereocenters. The highest BCUT2D eigenvalue weighted by Crippen LogP contribution is 2.49. The summed E-state index contributed by atoms with van der Waals surface area (Å²) in [5, 5.41) is 0.535. The Morgan fingerprint density at radius 2 is 0.533 bits per heavy atom. The fraction of sp³-hybridized carbons (Fsp3) is 0.143. The lowest BCUT2D eigenvalue weighted by molar-refractivity contribution is -0.143. The minimum absolute atomic E-state index is 0.0201. The van der Waals surface area contributed by atoms with Crippen LogP contribution in [-0.4, -0.2) is 9.13 Å². The predicted molar refractivity (Wildman–Crippen MR) is 311 cm³/mol. The summed E-state index contributed by atoms with van der Waals surface area (Å²) < 4.78 is 268. The molecule has 90 heavy (non-hydrogen) atoms. The van der Waals surface area contributed by atoms with Gasteiger partial charge in [-0.25, -0.2) is 0 Å². The summed E-state index contributed by atoms with van der Waals surface area (Å²) in [6.45, 7) is 6.61. The number of halogens is 18. The zero-order valence-corrected chi connectivity index (χ0v) is 47.0. The van der Waals surface area contributed by atoms with Crippen LogP contribution in [0.25, 0.3) is 111 Å². The Balaban J connectivity index is 1.10. The molecule has 10 aromatic carbocycles. The van der Waals surface area contributed by atoms with Crippen molar-refractivity contribution in [3.8, 4) is 67.0 Å². The van der Waals surface area contributed by atoms with Gasteiger partial charge in [-0.3, -0.25) is 0 Å². The van der Waals surface area contributed by atoms with Crippen LogP contribution < -0.4 is 0 Å². The second-order valence-electron chi connectivity index (χ2n) is 22.2. The third-order valence-electron chi connectivity index (χ3n) is 16.3. The van der Waals surface area contributed by atoms with Gasteiger partial charge in [0.1, 0.15) is 0 Å². The van der Waals surface area contributed by atoms with Crippen LogP contribution >= 0.6 is 0 Å². The van der Waals surface area contributed by atoms with Crippen LogP contribution in [0.5, 0.6) is 0 Å². The molecule has 458 valence electrons. The highest BCUT2D eigenvalue weighted by atomic mass is 19.4. The van der Waals surface area contributed by atoms with Crippen LogP contribution in [0.1, 0.15) is 55.6 Å². The molecule has 0 aliphatic heterocycles. The van der Waals surface area contributed by atoms with Gasteiger partial charge in [0.05, 0.1) is 66.8 Å². The summed E-state index contributed by atoms with van der Waals surface area (Å²) >= 11 is 0. The molecular formula is C70H42F18N2. The highest BCUT2D eigenvalue weighted by Gasteiger charge is 2.41. The average Bonchev–Trinajstić information content (AvgIpc) is 1.57. The molecule has 2 nitrogen and oxygen atoms in total. The lowest BCUT2D eigenvalue weighted by Gasteiger charge is -2.20. The number of rotatable bonds is 7. The van der Waals surface area contributed by atoms with Crippen LogP contribution in [0.15, 0.2) is 182 Å².